The molecule has 0 saturated carbocycles. The van der Waals surface area contributed by atoms with Crippen molar-refractivity contribution in [3.63, 3.8) is 0 Å². The Bertz CT molecular complexity index is 267. The third-order valence-corrected chi connectivity index (χ3v) is 1.68. The second-order valence-electron chi connectivity index (χ2n) is 2.70. The zero-order valence-corrected chi connectivity index (χ0v) is 7.37. The van der Waals surface area contributed by atoms with Gasteiger partial charge in [-0.3, -0.25) is 9.48 Å². The summed E-state index contributed by atoms with van der Waals surface area (Å²) in [6.45, 7) is 0. The summed E-state index contributed by atoms with van der Waals surface area (Å²) in [4.78, 5) is 10.9. The average molecular weight is 167 g/mol. The lowest BCUT2D eigenvalue weighted by atomic mass is 10.2. The molecule has 0 radical (unpaired) electrons. The van der Waals surface area contributed by atoms with Gasteiger partial charge in [-0.05, 0) is 12.0 Å². The van der Waals surface area contributed by atoms with E-state index in [1.54, 1.807) is 17.9 Å². The highest BCUT2D eigenvalue weighted by Gasteiger charge is 2.00. The summed E-state index contributed by atoms with van der Waals surface area (Å²) in [7, 11) is 3.51. The third-order valence-electron chi connectivity index (χ3n) is 1.68. The lowest BCUT2D eigenvalue weighted by molar-refractivity contribution is -0.120. The van der Waals surface area contributed by atoms with Crippen LogP contribution in [0.2, 0.25) is 0 Å². The van der Waals surface area contributed by atoms with Gasteiger partial charge in [0, 0.05) is 26.7 Å². The summed E-state index contributed by atoms with van der Waals surface area (Å²) in [6.07, 6.45) is 4.99. The highest BCUT2D eigenvalue weighted by molar-refractivity contribution is 5.75. The fourth-order valence-corrected chi connectivity index (χ4v) is 0.984. The maximum Gasteiger partial charge on any atom is 0.220 e. The van der Waals surface area contributed by atoms with E-state index in [0.29, 0.717) is 6.42 Å². The van der Waals surface area contributed by atoms with E-state index in [4.69, 9.17) is 0 Å². The van der Waals surface area contributed by atoms with Crippen LogP contribution in [0.1, 0.15) is 12.0 Å². The van der Waals surface area contributed by atoms with Gasteiger partial charge >= 0.3 is 0 Å². The summed E-state index contributed by atoms with van der Waals surface area (Å²) in [6, 6.07) is 0. The van der Waals surface area contributed by atoms with Crippen LogP contribution in [-0.2, 0) is 18.3 Å². The highest BCUT2D eigenvalue weighted by Crippen LogP contribution is 1.99. The number of rotatable bonds is 3. The summed E-state index contributed by atoms with van der Waals surface area (Å²) >= 11 is 0. The Morgan fingerprint density at radius 1 is 1.75 bits per heavy atom. The maximum atomic E-state index is 10.9. The molecule has 4 heteroatoms. The molecular weight excluding hydrogens is 154 g/mol. The van der Waals surface area contributed by atoms with Crippen molar-refractivity contribution in [3.8, 4) is 0 Å². The Kier molecular flexibility index (Phi) is 2.85. The molecule has 0 bridgehead atoms. The molecule has 0 spiro atoms. The molecule has 0 aliphatic rings. The Labute approximate surface area is 71.6 Å². The zero-order valence-electron chi connectivity index (χ0n) is 7.37. The summed E-state index contributed by atoms with van der Waals surface area (Å²) in [5.41, 5.74) is 1.10. The standard InChI is InChI=1S/C8H13N3O/c1-9-8(12)4-3-7-5-10-11(2)6-7/h5-6H,3-4H2,1-2H3,(H,9,12). The quantitative estimate of drug-likeness (QED) is 0.694. The smallest absolute Gasteiger partial charge is 0.220 e. The minimum absolute atomic E-state index is 0.0684. The number of amides is 1. The first kappa shape index (κ1) is 8.77. The van der Waals surface area contributed by atoms with Crippen LogP contribution in [0.15, 0.2) is 12.4 Å². The molecule has 0 aliphatic carbocycles. The first-order valence-corrected chi connectivity index (χ1v) is 3.90. The Morgan fingerprint density at radius 2 is 2.50 bits per heavy atom. The lowest BCUT2D eigenvalue weighted by Gasteiger charge is -1.95. The molecule has 4 nitrogen and oxygen atoms in total. The van der Waals surface area contributed by atoms with Gasteiger partial charge in [0.15, 0.2) is 0 Å². The lowest BCUT2D eigenvalue weighted by Crippen LogP contribution is -2.17. The van der Waals surface area contributed by atoms with Gasteiger partial charge < -0.3 is 5.32 Å². The minimum Gasteiger partial charge on any atom is -0.359 e. The molecule has 1 N–H and O–H groups in total. The largest absolute Gasteiger partial charge is 0.359 e. The number of hydrogen-bond donors (Lipinski definition) is 1. The van der Waals surface area contributed by atoms with E-state index in [9.17, 15) is 4.79 Å². The number of nitrogens with zero attached hydrogens (tertiary/aromatic N) is 2. The fraction of sp³-hybridized carbons (Fsp3) is 0.500. The first-order chi connectivity index (χ1) is 5.72. The topological polar surface area (TPSA) is 46.9 Å². The first-order valence-electron chi connectivity index (χ1n) is 3.90. The predicted octanol–water partition coefficient (Wildman–Crippen LogP) is 0.0987. The second kappa shape index (κ2) is 3.90. The van der Waals surface area contributed by atoms with Gasteiger partial charge in [-0.2, -0.15) is 5.10 Å². The van der Waals surface area contributed by atoms with Crippen molar-refractivity contribution < 1.29 is 4.79 Å². The van der Waals surface area contributed by atoms with Crippen molar-refractivity contribution in [3.05, 3.63) is 18.0 Å². The Balaban J connectivity index is 2.38. The second-order valence-corrected chi connectivity index (χ2v) is 2.70. The van der Waals surface area contributed by atoms with E-state index < -0.39 is 0 Å². The Hall–Kier alpha value is -1.32. The number of carbonyl (C=O) groups excluding carboxylic acids is 1. The molecule has 1 aromatic heterocycles. The summed E-state index contributed by atoms with van der Waals surface area (Å²) < 4.78 is 1.74. The SMILES string of the molecule is CNC(=O)CCc1cnn(C)c1. The summed E-state index contributed by atoms with van der Waals surface area (Å²) in [5.74, 6) is 0.0684. The fourth-order valence-electron chi connectivity index (χ4n) is 0.984. The molecule has 1 aromatic rings. The van der Waals surface area contributed by atoms with Crippen LogP contribution in [0.4, 0.5) is 0 Å². The van der Waals surface area contributed by atoms with Crippen molar-refractivity contribution >= 4 is 5.91 Å². The van der Waals surface area contributed by atoms with E-state index in [1.807, 2.05) is 13.2 Å². The summed E-state index contributed by atoms with van der Waals surface area (Å²) in [5, 5.41) is 6.58. The van der Waals surface area contributed by atoms with Crippen LogP contribution in [0.3, 0.4) is 0 Å². The number of nitrogens with one attached hydrogen (secondary N) is 1. The van der Waals surface area contributed by atoms with Crippen LogP contribution in [-0.4, -0.2) is 22.7 Å². The molecule has 0 aliphatic heterocycles. The number of aryl methyl sites for hydroxylation is 2. The Morgan fingerprint density at radius 3 is 3.00 bits per heavy atom. The molecule has 0 fully saturated rings. The predicted molar refractivity (Wildman–Crippen MR) is 45.6 cm³/mol. The van der Waals surface area contributed by atoms with Gasteiger partial charge in [-0.25, -0.2) is 0 Å². The van der Waals surface area contributed by atoms with Crippen molar-refractivity contribution in [2.24, 2.45) is 7.05 Å². The van der Waals surface area contributed by atoms with Crippen LogP contribution in [0, 0.1) is 0 Å². The number of carbonyl (C=O) groups is 1. The third kappa shape index (κ3) is 2.38. The molecule has 1 rings (SSSR count). The molecule has 0 aromatic carbocycles. The average Bonchev–Trinajstić information content (AvgIpc) is 2.47. The van der Waals surface area contributed by atoms with Crippen LogP contribution >= 0.6 is 0 Å². The number of aromatic nitrogens is 2. The van der Waals surface area contributed by atoms with E-state index >= 15 is 0 Å². The molecule has 0 unspecified atom stereocenters. The maximum absolute atomic E-state index is 10.9. The van der Waals surface area contributed by atoms with Gasteiger partial charge in [0.1, 0.15) is 0 Å². The molecule has 12 heavy (non-hydrogen) atoms. The van der Waals surface area contributed by atoms with Gasteiger partial charge in [-0.1, -0.05) is 0 Å². The van der Waals surface area contributed by atoms with Crippen molar-refractivity contribution in [2.75, 3.05) is 7.05 Å². The molecule has 1 heterocycles. The molecule has 1 amide bonds. The van der Waals surface area contributed by atoms with Crippen LogP contribution in [0.5, 0.6) is 0 Å². The van der Waals surface area contributed by atoms with Crippen molar-refractivity contribution in [2.45, 2.75) is 12.8 Å². The van der Waals surface area contributed by atoms with E-state index in [1.165, 1.54) is 0 Å². The molecule has 0 atom stereocenters. The van der Waals surface area contributed by atoms with Gasteiger partial charge in [-0.15, -0.1) is 0 Å². The minimum atomic E-state index is 0.0684. The monoisotopic (exact) mass is 167 g/mol. The molecule has 0 saturated heterocycles. The van der Waals surface area contributed by atoms with Crippen LogP contribution < -0.4 is 5.32 Å². The van der Waals surface area contributed by atoms with Gasteiger partial charge in [0.2, 0.25) is 5.91 Å². The molecule has 66 valence electrons. The van der Waals surface area contributed by atoms with Gasteiger partial charge in [0.25, 0.3) is 0 Å². The van der Waals surface area contributed by atoms with Crippen LogP contribution in [0.25, 0.3) is 0 Å². The van der Waals surface area contributed by atoms with E-state index in [-0.39, 0.29) is 5.91 Å². The van der Waals surface area contributed by atoms with Crippen molar-refractivity contribution in [1.82, 2.24) is 15.1 Å². The molecular formula is C8H13N3O. The number of hydrogen-bond acceptors (Lipinski definition) is 2. The van der Waals surface area contributed by atoms with Gasteiger partial charge in [0.05, 0.1) is 6.20 Å². The van der Waals surface area contributed by atoms with E-state index in [2.05, 4.69) is 10.4 Å². The highest BCUT2D eigenvalue weighted by atomic mass is 16.1. The van der Waals surface area contributed by atoms with E-state index in [0.717, 1.165) is 12.0 Å². The zero-order chi connectivity index (χ0) is 8.97. The van der Waals surface area contributed by atoms with Crippen molar-refractivity contribution in [1.29, 1.82) is 0 Å². The normalized spacial score (nSPS) is 9.83.